The van der Waals surface area contributed by atoms with Crippen LogP contribution in [0.25, 0.3) is 10.9 Å². The molecule has 100 valence electrons. The van der Waals surface area contributed by atoms with E-state index in [1.165, 1.54) is 0 Å². The molecule has 2 aromatic carbocycles. The lowest BCUT2D eigenvalue weighted by atomic mass is 10.1. The molecule has 4 heteroatoms. The lowest BCUT2D eigenvalue weighted by Gasteiger charge is -2.08. The van der Waals surface area contributed by atoms with Gasteiger partial charge in [0.25, 0.3) is 0 Å². The first-order chi connectivity index (χ1) is 9.70. The van der Waals surface area contributed by atoms with Crippen LogP contribution in [-0.2, 0) is 6.61 Å². The Morgan fingerprint density at radius 3 is 2.85 bits per heavy atom. The molecule has 20 heavy (non-hydrogen) atoms. The SMILES string of the molecule is Nc1cc(Br)cc(OCc2ccc3ncccc3c2)c1. The second-order valence-corrected chi connectivity index (χ2v) is 5.46. The number of pyridine rings is 1. The van der Waals surface area contributed by atoms with Crippen LogP contribution >= 0.6 is 15.9 Å². The highest BCUT2D eigenvalue weighted by Crippen LogP contribution is 2.24. The van der Waals surface area contributed by atoms with Crippen molar-refractivity contribution < 1.29 is 4.74 Å². The van der Waals surface area contributed by atoms with Gasteiger partial charge >= 0.3 is 0 Å². The average molecular weight is 329 g/mol. The lowest BCUT2D eigenvalue weighted by molar-refractivity contribution is 0.306. The Hall–Kier alpha value is -2.07. The van der Waals surface area contributed by atoms with Gasteiger partial charge in [0.05, 0.1) is 5.52 Å². The third-order valence-electron chi connectivity index (χ3n) is 2.97. The third-order valence-corrected chi connectivity index (χ3v) is 3.42. The summed E-state index contributed by atoms with van der Waals surface area (Å²) in [5.74, 6) is 0.753. The Balaban J connectivity index is 1.79. The molecule has 0 radical (unpaired) electrons. The largest absolute Gasteiger partial charge is 0.489 e. The highest BCUT2D eigenvalue weighted by molar-refractivity contribution is 9.10. The van der Waals surface area contributed by atoms with E-state index < -0.39 is 0 Å². The monoisotopic (exact) mass is 328 g/mol. The smallest absolute Gasteiger partial charge is 0.122 e. The molecular weight excluding hydrogens is 316 g/mol. The summed E-state index contributed by atoms with van der Waals surface area (Å²) in [7, 11) is 0. The van der Waals surface area contributed by atoms with Crippen LogP contribution in [0.5, 0.6) is 5.75 Å². The minimum Gasteiger partial charge on any atom is -0.489 e. The summed E-state index contributed by atoms with van der Waals surface area (Å²) in [5.41, 5.74) is 8.55. The minimum atomic E-state index is 0.501. The number of hydrogen-bond donors (Lipinski definition) is 1. The van der Waals surface area contributed by atoms with Crippen molar-refractivity contribution in [1.29, 1.82) is 0 Å². The van der Waals surface area contributed by atoms with Gasteiger partial charge in [-0.1, -0.05) is 28.1 Å². The molecule has 1 aromatic heterocycles. The topological polar surface area (TPSA) is 48.1 Å². The van der Waals surface area contributed by atoms with Gasteiger partial charge in [-0.05, 0) is 35.9 Å². The summed E-state index contributed by atoms with van der Waals surface area (Å²) in [6, 6.07) is 15.6. The molecule has 0 amide bonds. The summed E-state index contributed by atoms with van der Waals surface area (Å²) < 4.78 is 6.68. The fraction of sp³-hybridized carbons (Fsp3) is 0.0625. The van der Waals surface area contributed by atoms with Crippen LogP contribution in [0.15, 0.2) is 59.2 Å². The van der Waals surface area contributed by atoms with Gasteiger partial charge in [-0.25, -0.2) is 0 Å². The number of nitrogens with two attached hydrogens (primary N) is 1. The number of ether oxygens (including phenoxy) is 1. The molecule has 0 spiro atoms. The van der Waals surface area contributed by atoms with E-state index >= 15 is 0 Å². The Morgan fingerprint density at radius 2 is 2.00 bits per heavy atom. The summed E-state index contributed by atoms with van der Waals surface area (Å²) in [6.07, 6.45) is 1.79. The van der Waals surface area contributed by atoms with Crippen molar-refractivity contribution in [3.63, 3.8) is 0 Å². The van der Waals surface area contributed by atoms with Crippen molar-refractivity contribution in [2.24, 2.45) is 0 Å². The predicted molar refractivity (Wildman–Crippen MR) is 84.6 cm³/mol. The first-order valence-electron chi connectivity index (χ1n) is 6.23. The summed E-state index contributed by atoms with van der Waals surface area (Å²) >= 11 is 3.40. The molecule has 0 atom stereocenters. The highest BCUT2D eigenvalue weighted by Gasteiger charge is 2.01. The molecular formula is C16H13BrN2O. The zero-order chi connectivity index (χ0) is 13.9. The maximum Gasteiger partial charge on any atom is 0.122 e. The van der Waals surface area contributed by atoms with Gasteiger partial charge < -0.3 is 10.5 Å². The van der Waals surface area contributed by atoms with E-state index in [1.54, 1.807) is 6.20 Å². The van der Waals surface area contributed by atoms with Gasteiger partial charge in [0.2, 0.25) is 0 Å². The van der Waals surface area contributed by atoms with Crippen molar-refractivity contribution >= 4 is 32.5 Å². The number of rotatable bonds is 3. The Kier molecular flexibility index (Phi) is 3.56. The maximum atomic E-state index is 5.78. The Morgan fingerprint density at radius 1 is 1.10 bits per heavy atom. The molecule has 0 fully saturated rings. The highest BCUT2D eigenvalue weighted by atomic mass is 79.9. The van der Waals surface area contributed by atoms with Crippen molar-refractivity contribution in [2.75, 3.05) is 5.73 Å². The molecule has 0 saturated carbocycles. The summed E-state index contributed by atoms with van der Waals surface area (Å²) in [4.78, 5) is 4.30. The minimum absolute atomic E-state index is 0.501. The van der Waals surface area contributed by atoms with E-state index in [4.69, 9.17) is 10.5 Å². The number of hydrogen-bond acceptors (Lipinski definition) is 3. The molecule has 3 nitrogen and oxygen atoms in total. The Bertz CT molecular complexity index is 738. The first-order valence-corrected chi connectivity index (χ1v) is 7.02. The van der Waals surface area contributed by atoms with Gasteiger partial charge in [-0.2, -0.15) is 0 Å². The number of halogens is 1. The van der Waals surface area contributed by atoms with Crippen LogP contribution in [-0.4, -0.2) is 4.98 Å². The van der Waals surface area contributed by atoms with Gasteiger partial charge in [0, 0.05) is 27.8 Å². The second kappa shape index (κ2) is 5.51. The van der Waals surface area contributed by atoms with E-state index in [0.717, 1.165) is 26.7 Å². The molecule has 0 saturated heterocycles. The van der Waals surface area contributed by atoms with E-state index in [0.29, 0.717) is 12.3 Å². The lowest BCUT2D eigenvalue weighted by Crippen LogP contribution is -1.96. The average Bonchev–Trinajstić information content (AvgIpc) is 2.44. The number of aromatic nitrogens is 1. The summed E-state index contributed by atoms with van der Waals surface area (Å²) in [5, 5.41) is 1.11. The number of fused-ring (bicyclic) bond motifs is 1. The fourth-order valence-corrected chi connectivity index (χ4v) is 2.54. The van der Waals surface area contributed by atoms with Crippen molar-refractivity contribution in [2.45, 2.75) is 6.61 Å². The normalized spacial score (nSPS) is 10.7. The van der Waals surface area contributed by atoms with Gasteiger partial charge in [0.1, 0.15) is 12.4 Å². The van der Waals surface area contributed by atoms with E-state index in [-0.39, 0.29) is 0 Å². The third kappa shape index (κ3) is 2.91. The number of benzene rings is 2. The molecule has 0 aliphatic heterocycles. The fourth-order valence-electron chi connectivity index (χ4n) is 2.05. The van der Waals surface area contributed by atoms with Crippen LogP contribution in [0, 0.1) is 0 Å². The van der Waals surface area contributed by atoms with Gasteiger partial charge in [-0.15, -0.1) is 0 Å². The molecule has 0 aliphatic carbocycles. The molecule has 0 bridgehead atoms. The molecule has 1 heterocycles. The second-order valence-electron chi connectivity index (χ2n) is 4.54. The molecule has 2 N–H and O–H groups in total. The standard InChI is InChI=1S/C16H13BrN2O/c17-13-7-14(18)9-15(8-13)20-10-11-3-4-16-12(6-11)2-1-5-19-16/h1-9H,10,18H2. The van der Waals surface area contributed by atoms with Crippen molar-refractivity contribution in [3.05, 3.63) is 64.8 Å². The summed E-state index contributed by atoms with van der Waals surface area (Å²) in [6.45, 7) is 0.501. The van der Waals surface area contributed by atoms with Crippen LogP contribution in [0.3, 0.4) is 0 Å². The molecule has 3 aromatic rings. The van der Waals surface area contributed by atoms with Crippen LogP contribution < -0.4 is 10.5 Å². The van der Waals surface area contributed by atoms with Crippen LogP contribution in [0.4, 0.5) is 5.69 Å². The molecule has 0 unspecified atom stereocenters. The van der Waals surface area contributed by atoms with E-state index in [9.17, 15) is 0 Å². The van der Waals surface area contributed by atoms with Crippen molar-refractivity contribution in [1.82, 2.24) is 4.98 Å². The predicted octanol–water partition coefficient (Wildman–Crippen LogP) is 4.16. The van der Waals surface area contributed by atoms with Gasteiger partial charge in [0.15, 0.2) is 0 Å². The van der Waals surface area contributed by atoms with Gasteiger partial charge in [-0.3, -0.25) is 4.98 Å². The number of nitrogen functional groups attached to an aromatic ring is 1. The molecule has 3 rings (SSSR count). The van der Waals surface area contributed by atoms with E-state index in [2.05, 4.69) is 27.0 Å². The zero-order valence-electron chi connectivity index (χ0n) is 10.7. The zero-order valence-corrected chi connectivity index (χ0v) is 12.3. The van der Waals surface area contributed by atoms with Crippen molar-refractivity contribution in [3.8, 4) is 5.75 Å². The number of anilines is 1. The first kappa shape index (κ1) is 12.9. The Labute approximate surface area is 125 Å². The van der Waals surface area contributed by atoms with Crippen LogP contribution in [0.2, 0.25) is 0 Å². The van der Waals surface area contributed by atoms with Crippen LogP contribution in [0.1, 0.15) is 5.56 Å². The quantitative estimate of drug-likeness (QED) is 0.734. The number of nitrogens with zero attached hydrogens (tertiary/aromatic N) is 1. The van der Waals surface area contributed by atoms with E-state index in [1.807, 2.05) is 42.5 Å². The maximum absolute atomic E-state index is 5.78. The molecule has 0 aliphatic rings.